The molecule has 8 nitrogen and oxygen atoms in total. The highest BCUT2D eigenvalue weighted by Crippen LogP contribution is 2.18. The molecule has 0 radical (unpaired) electrons. The summed E-state index contributed by atoms with van der Waals surface area (Å²) in [5.74, 6) is -1.22. The lowest BCUT2D eigenvalue weighted by Crippen LogP contribution is -2.13. The van der Waals surface area contributed by atoms with E-state index in [4.69, 9.17) is 0 Å². The fraction of sp³-hybridized carbons (Fsp3) is 0.100. The fourth-order valence-electron chi connectivity index (χ4n) is 1.11. The summed E-state index contributed by atoms with van der Waals surface area (Å²) >= 11 is 0. The van der Waals surface area contributed by atoms with Crippen molar-refractivity contribution in [2.24, 2.45) is 0 Å². The van der Waals surface area contributed by atoms with E-state index < -0.39 is 28.1 Å². The zero-order chi connectivity index (χ0) is 13.7. The molecule has 0 aromatic heterocycles. The Hall–Kier alpha value is -2.77. The van der Waals surface area contributed by atoms with E-state index in [1.54, 1.807) is 0 Å². The van der Waals surface area contributed by atoms with Gasteiger partial charge in [0.05, 0.1) is 15.4 Å². The maximum atomic E-state index is 11.1. The lowest BCUT2D eigenvalue weighted by atomic mass is 10.2. The van der Waals surface area contributed by atoms with Crippen LogP contribution in [0.4, 0.5) is 5.69 Å². The fourth-order valence-corrected chi connectivity index (χ4v) is 1.11. The third-order valence-electron chi connectivity index (χ3n) is 2.00. The number of carbonyl (C=O) groups excluding carboxylic acids is 1. The van der Waals surface area contributed by atoms with Crippen LogP contribution in [0.1, 0.15) is 5.56 Å². The van der Waals surface area contributed by atoms with E-state index in [1.165, 1.54) is 24.3 Å². The van der Waals surface area contributed by atoms with Crippen LogP contribution < -0.4 is 0 Å². The Morgan fingerprint density at radius 2 is 1.89 bits per heavy atom. The predicted octanol–water partition coefficient (Wildman–Crippen LogP) is 1.43. The Balaban J connectivity index is 2.75. The van der Waals surface area contributed by atoms with Crippen molar-refractivity contribution in [3.05, 3.63) is 62.3 Å². The molecule has 0 aliphatic heterocycles. The molecule has 0 heterocycles. The Morgan fingerprint density at radius 1 is 1.28 bits per heavy atom. The van der Waals surface area contributed by atoms with Gasteiger partial charge < -0.3 is 4.74 Å². The molecular weight excluding hydrogens is 244 g/mol. The molecular formula is C10H8N2O6. The van der Waals surface area contributed by atoms with Crippen molar-refractivity contribution in [1.82, 2.24) is 0 Å². The van der Waals surface area contributed by atoms with Gasteiger partial charge in [-0.25, -0.2) is 4.79 Å². The minimum atomic E-state index is -1.22. The molecule has 0 amide bonds. The van der Waals surface area contributed by atoms with Crippen molar-refractivity contribution in [3.63, 3.8) is 0 Å². The largest absolute Gasteiger partial charge is 0.452 e. The van der Waals surface area contributed by atoms with Crippen molar-refractivity contribution in [3.8, 4) is 0 Å². The second kappa shape index (κ2) is 5.53. The van der Waals surface area contributed by atoms with E-state index >= 15 is 0 Å². The molecule has 0 saturated heterocycles. The van der Waals surface area contributed by atoms with Crippen molar-refractivity contribution >= 4 is 11.7 Å². The molecule has 94 valence electrons. The number of benzene rings is 1. The summed E-state index contributed by atoms with van der Waals surface area (Å²) in [6.07, 6.45) is 0. The lowest BCUT2D eigenvalue weighted by Gasteiger charge is -2.03. The molecule has 0 bridgehead atoms. The van der Waals surface area contributed by atoms with Gasteiger partial charge in [0.25, 0.3) is 5.69 Å². The average molecular weight is 252 g/mol. The first-order valence-corrected chi connectivity index (χ1v) is 4.66. The van der Waals surface area contributed by atoms with Crippen molar-refractivity contribution < 1.29 is 19.4 Å². The van der Waals surface area contributed by atoms with E-state index in [0.717, 1.165) is 0 Å². The minimum Gasteiger partial charge on any atom is -0.452 e. The summed E-state index contributed by atoms with van der Waals surface area (Å²) in [5, 5.41) is 20.9. The molecule has 18 heavy (non-hydrogen) atoms. The van der Waals surface area contributed by atoms with E-state index in [0.29, 0.717) is 0 Å². The monoisotopic (exact) mass is 252 g/mol. The lowest BCUT2D eigenvalue weighted by molar-refractivity contribution is -0.420. The number of nitro groups is 2. The van der Waals surface area contributed by atoms with Crippen LogP contribution in [0.2, 0.25) is 0 Å². The zero-order valence-electron chi connectivity index (χ0n) is 9.07. The molecule has 0 unspecified atom stereocenters. The molecule has 0 spiro atoms. The van der Waals surface area contributed by atoms with Crippen LogP contribution in [0.5, 0.6) is 0 Å². The second-order valence-electron chi connectivity index (χ2n) is 3.17. The summed E-state index contributed by atoms with van der Waals surface area (Å²) in [6, 6.07) is 5.61. The number of hydrogen-bond acceptors (Lipinski definition) is 6. The topological polar surface area (TPSA) is 113 Å². The van der Waals surface area contributed by atoms with E-state index in [-0.39, 0.29) is 11.3 Å². The molecule has 1 aromatic rings. The van der Waals surface area contributed by atoms with E-state index in [9.17, 15) is 25.0 Å². The quantitative estimate of drug-likeness (QED) is 0.339. The van der Waals surface area contributed by atoms with Gasteiger partial charge in [-0.3, -0.25) is 20.2 Å². The van der Waals surface area contributed by atoms with Crippen LogP contribution in [0, 0.1) is 20.2 Å². The summed E-state index contributed by atoms with van der Waals surface area (Å²) in [5.41, 5.74) is -1.00. The first-order valence-electron chi connectivity index (χ1n) is 4.66. The maximum absolute atomic E-state index is 11.1. The Labute approximate surface area is 101 Å². The Kier molecular flexibility index (Phi) is 4.08. The third kappa shape index (κ3) is 3.11. The Morgan fingerprint density at radius 3 is 2.44 bits per heavy atom. The smallest absolute Gasteiger partial charge is 0.409 e. The highest BCUT2D eigenvalue weighted by Gasteiger charge is 2.21. The molecule has 0 aliphatic carbocycles. The van der Waals surface area contributed by atoms with Crippen LogP contribution >= 0.6 is 0 Å². The van der Waals surface area contributed by atoms with Crippen molar-refractivity contribution in [2.45, 2.75) is 6.61 Å². The number of rotatable bonds is 5. The molecule has 0 N–H and O–H groups in total. The van der Waals surface area contributed by atoms with Gasteiger partial charge in [0.1, 0.15) is 6.61 Å². The van der Waals surface area contributed by atoms with Crippen LogP contribution in [0.3, 0.4) is 0 Å². The first-order chi connectivity index (χ1) is 8.43. The minimum absolute atomic E-state index is 0.145. The highest BCUT2D eigenvalue weighted by molar-refractivity contribution is 5.84. The second-order valence-corrected chi connectivity index (χ2v) is 3.17. The zero-order valence-corrected chi connectivity index (χ0v) is 9.07. The van der Waals surface area contributed by atoms with E-state index in [2.05, 4.69) is 11.3 Å². The van der Waals surface area contributed by atoms with Gasteiger partial charge >= 0.3 is 11.7 Å². The summed E-state index contributed by atoms with van der Waals surface area (Å²) < 4.78 is 4.56. The third-order valence-corrected chi connectivity index (χ3v) is 2.00. The van der Waals surface area contributed by atoms with Gasteiger partial charge in [0, 0.05) is 6.07 Å². The van der Waals surface area contributed by atoms with Gasteiger partial charge in [-0.15, -0.1) is 0 Å². The average Bonchev–Trinajstić information content (AvgIpc) is 2.35. The van der Waals surface area contributed by atoms with Gasteiger partial charge in [-0.2, -0.15) is 0 Å². The summed E-state index contributed by atoms with van der Waals surface area (Å²) in [7, 11) is 0. The van der Waals surface area contributed by atoms with Crippen LogP contribution in [-0.4, -0.2) is 15.8 Å². The molecule has 0 atom stereocenters. The number of para-hydroxylation sites is 1. The normalized spacial score (nSPS) is 9.56. The molecule has 0 fully saturated rings. The predicted molar refractivity (Wildman–Crippen MR) is 59.0 cm³/mol. The summed E-state index contributed by atoms with van der Waals surface area (Å²) in [4.78, 5) is 30.4. The number of carbonyl (C=O) groups is 1. The van der Waals surface area contributed by atoms with Crippen LogP contribution in [0.15, 0.2) is 36.5 Å². The van der Waals surface area contributed by atoms with Gasteiger partial charge in [0.2, 0.25) is 0 Å². The van der Waals surface area contributed by atoms with Crippen LogP contribution in [0.25, 0.3) is 0 Å². The first kappa shape index (κ1) is 13.3. The molecule has 0 aliphatic rings. The van der Waals surface area contributed by atoms with Crippen molar-refractivity contribution in [2.75, 3.05) is 0 Å². The van der Waals surface area contributed by atoms with Gasteiger partial charge in [-0.1, -0.05) is 12.1 Å². The number of ether oxygens (including phenoxy) is 1. The van der Waals surface area contributed by atoms with Crippen LogP contribution in [-0.2, 0) is 16.1 Å². The number of esters is 1. The summed E-state index contributed by atoms with van der Waals surface area (Å²) in [6.45, 7) is 2.49. The number of nitrogens with zero attached hydrogens (tertiary/aromatic N) is 2. The van der Waals surface area contributed by atoms with Gasteiger partial charge in [-0.05, 0) is 12.6 Å². The number of hydrogen-bond donors (Lipinski definition) is 0. The standard InChI is InChI=1S/C10H8N2O6/c1-7(11(14)15)10(13)18-6-8-4-2-3-5-9(8)12(16)17/h2-5H,1,6H2. The Bertz CT molecular complexity index is 525. The molecule has 0 saturated carbocycles. The van der Waals surface area contributed by atoms with Crippen molar-refractivity contribution in [1.29, 1.82) is 0 Å². The molecule has 8 heteroatoms. The highest BCUT2D eigenvalue weighted by atomic mass is 16.6. The number of nitro benzene ring substituents is 1. The maximum Gasteiger partial charge on any atom is 0.409 e. The van der Waals surface area contributed by atoms with E-state index in [1.807, 2.05) is 0 Å². The molecule has 1 rings (SSSR count). The van der Waals surface area contributed by atoms with Gasteiger partial charge in [0.15, 0.2) is 0 Å². The molecule has 1 aromatic carbocycles. The SMILES string of the molecule is C=C(C(=O)OCc1ccccc1[N+](=O)[O-])[N+](=O)[O-].